The molecule has 0 unspecified atom stereocenters. The fourth-order valence-electron chi connectivity index (χ4n) is 1.09. The number of hydrogen-bond donors (Lipinski definition) is 2. The molecule has 0 spiro atoms. The third kappa shape index (κ3) is 3.29. The number of aromatic nitrogens is 1. The van der Waals surface area contributed by atoms with Crippen LogP contribution in [0.5, 0.6) is 0 Å². The van der Waals surface area contributed by atoms with Gasteiger partial charge >= 0.3 is 0 Å². The first-order valence-corrected chi connectivity index (χ1v) is 5.56. The summed E-state index contributed by atoms with van der Waals surface area (Å²) in [6.45, 7) is 2.24. The van der Waals surface area contributed by atoms with Gasteiger partial charge in [-0.3, -0.25) is 0 Å². The van der Waals surface area contributed by atoms with Crippen LogP contribution in [0.1, 0.15) is 17.5 Å². The van der Waals surface area contributed by atoms with Gasteiger partial charge in [0.1, 0.15) is 0 Å². The van der Waals surface area contributed by atoms with Gasteiger partial charge in [-0.1, -0.05) is 0 Å². The highest BCUT2D eigenvalue weighted by Crippen LogP contribution is 2.20. The van der Waals surface area contributed by atoms with Crippen LogP contribution in [-0.2, 0) is 6.61 Å². The van der Waals surface area contributed by atoms with Crippen LogP contribution < -0.4 is 0 Å². The third-order valence-corrected chi connectivity index (χ3v) is 3.00. The summed E-state index contributed by atoms with van der Waals surface area (Å²) in [4.78, 5) is 4.24. The number of aliphatic hydroxyl groups is 2. The summed E-state index contributed by atoms with van der Waals surface area (Å²) in [5.41, 5.74) is 1.92. The largest absolute Gasteiger partial charge is 0.396 e. The topological polar surface area (TPSA) is 53.4 Å². The highest BCUT2D eigenvalue weighted by molar-refractivity contribution is 7.99. The quantitative estimate of drug-likeness (QED) is 0.573. The molecule has 0 aliphatic heterocycles. The summed E-state index contributed by atoms with van der Waals surface area (Å²) in [7, 11) is 0. The Kier molecular flexibility index (Phi) is 4.93. The molecule has 4 heteroatoms. The van der Waals surface area contributed by atoms with E-state index in [2.05, 4.69) is 4.98 Å². The average molecular weight is 213 g/mol. The van der Waals surface area contributed by atoms with Gasteiger partial charge in [0.25, 0.3) is 0 Å². The van der Waals surface area contributed by atoms with Crippen LogP contribution in [0.4, 0.5) is 0 Å². The Morgan fingerprint density at radius 3 is 2.79 bits per heavy atom. The lowest BCUT2D eigenvalue weighted by atomic mass is 10.2. The van der Waals surface area contributed by atoms with Crippen molar-refractivity contribution in [3.8, 4) is 0 Å². The Labute approximate surface area is 88.2 Å². The number of nitrogens with zero attached hydrogens (tertiary/aromatic N) is 1. The molecule has 1 rings (SSSR count). The average Bonchev–Trinajstić information content (AvgIpc) is 2.20. The Morgan fingerprint density at radius 2 is 2.21 bits per heavy atom. The van der Waals surface area contributed by atoms with E-state index in [1.165, 1.54) is 0 Å². The number of hydrogen-bond acceptors (Lipinski definition) is 4. The molecule has 1 aromatic heterocycles. The van der Waals surface area contributed by atoms with Gasteiger partial charge in [-0.2, -0.15) is 0 Å². The van der Waals surface area contributed by atoms with Crippen LogP contribution in [0.15, 0.2) is 17.3 Å². The summed E-state index contributed by atoms with van der Waals surface area (Å²) < 4.78 is 0. The van der Waals surface area contributed by atoms with Crippen LogP contribution >= 0.6 is 11.8 Å². The first-order valence-electron chi connectivity index (χ1n) is 4.58. The molecule has 0 atom stereocenters. The van der Waals surface area contributed by atoms with Crippen molar-refractivity contribution in [1.29, 1.82) is 0 Å². The fraction of sp³-hybridized carbons (Fsp3) is 0.500. The van der Waals surface area contributed by atoms with Gasteiger partial charge in [0, 0.05) is 18.6 Å². The number of pyridine rings is 1. The minimum absolute atomic E-state index is 0.0371. The predicted molar refractivity (Wildman–Crippen MR) is 57.3 cm³/mol. The molecule has 0 bridgehead atoms. The SMILES string of the molecule is Cc1cc(CO)cnc1SCCCO. The van der Waals surface area contributed by atoms with Gasteiger partial charge in [0.05, 0.1) is 11.6 Å². The minimum atomic E-state index is 0.0371. The second-order valence-electron chi connectivity index (χ2n) is 3.05. The van der Waals surface area contributed by atoms with Crippen LogP contribution in [0.2, 0.25) is 0 Å². The zero-order valence-corrected chi connectivity index (χ0v) is 9.05. The molecule has 78 valence electrons. The molecule has 0 saturated heterocycles. The number of aliphatic hydroxyl groups excluding tert-OH is 2. The van der Waals surface area contributed by atoms with Gasteiger partial charge in [0.2, 0.25) is 0 Å². The molecule has 3 nitrogen and oxygen atoms in total. The van der Waals surface area contributed by atoms with E-state index in [9.17, 15) is 0 Å². The second kappa shape index (κ2) is 6.01. The van der Waals surface area contributed by atoms with Crippen LogP contribution in [-0.4, -0.2) is 27.6 Å². The van der Waals surface area contributed by atoms with Crippen molar-refractivity contribution < 1.29 is 10.2 Å². The molecule has 0 aliphatic rings. The van der Waals surface area contributed by atoms with Crippen molar-refractivity contribution in [2.24, 2.45) is 0 Å². The van der Waals surface area contributed by atoms with E-state index in [1.54, 1.807) is 18.0 Å². The van der Waals surface area contributed by atoms with Gasteiger partial charge < -0.3 is 10.2 Å². The van der Waals surface area contributed by atoms with Crippen LogP contribution in [0, 0.1) is 6.92 Å². The monoisotopic (exact) mass is 213 g/mol. The summed E-state index contributed by atoms with van der Waals surface area (Å²) in [6.07, 6.45) is 2.47. The summed E-state index contributed by atoms with van der Waals surface area (Å²) in [5, 5.41) is 18.5. The van der Waals surface area contributed by atoms with Gasteiger partial charge in [0.15, 0.2) is 0 Å². The Bertz CT molecular complexity index is 291. The van der Waals surface area contributed by atoms with E-state index < -0.39 is 0 Å². The van der Waals surface area contributed by atoms with Crippen molar-refractivity contribution in [1.82, 2.24) is 4.98 Å². The number of aryl methyl sites for hydroxylation is 1. The Hall–Kier alpha value is -0.580. The normalized spacial score (nSPS) is 10.5. The molecule has 1 aromatic rings. The summed E-state index contributed by atoms with van der Waals surface area (Å²) in [5.74, 6) is 0.878. The molecule has 0 fully saturated rings. The zero-order valence-electron chi connectivity index (χ0n) is 8.23. The molecule has 0 amide bonds. The Balaban J connectivity index is 2.59. The lowest BCUT2D eigenvalue weighted by Gasteiger charge is -2.05. The number of thioether (sulfide) groups is 1. The standard InChI is InChI=1S/C10H15NO2S/c1-8-5-9(7-13)6-11-10(8)14-4-2-3-12/h5-6,12-13H,2-4,7H2,1H3. The van der Waals surface area contributed by atoms with E-state index >= 15 is 0 Å². The summed E-state index contributed by atoms with van der Waals surface area (Å²) >= 11 is 1.64. The highest BCUT2D eigenvalue weighted by Gasteiger charge is 2.01. The molecular formula is C10H15NO2S. The first-order chi connectivity index (χ1) is 6.77. The molecule has 0 saturated carbocycles. The lowest BCUT2D eigenvalue weighted by Crippen LogP contribution is -1.93. The molecule has 0 aromatic carbocycles. The third-order valence-electron chi connectivity index (χ3n) is 1.81. The number of rotatable bonds is 5. The van der Waals surface area contributed by atoms with Crippen LogP contribution in [0.3, 0.4) is 0 Å². The van der Waals surface area contributed by atoms with Gasteiger partial charge in [-0.15, -0.1) is 11.8 Å². The highest BCUT2D eigenvalue weighted by atomic mass is 32.2. The summed E-state index contributed by atoms with van der Waals surface area (Å²) in [6, 6.07) is 1.94. The maximum absolute atomic E-state index is 8.89. The van der Waals surface area contributed by atoms with Crippen LogP contribution in [0.25, 0.3) is 0 Å². The van der Waals surface area contributed by atoms with E-state index in [4.69, 9.17) is 10.2 Å². The molecule has 14 heavy (non-hydrogen) atoms. The van der Waals surface area contributed by atoms with E-state index in [-0.39, 0.29) is 13.2 Å². The lowest BCUT2D eigenvalue weighted by molar-refractivity contribution is 0.281. The maximum atomic E-state index is 8.89. The van der Waals surface area contributed by atoms with Gasteiger partial charge in [-0.05, 0) is 30.5 Å². The van der Waals surface area contributed by atoms with E-state index in [0.717, 1.165) is 28.3 Å². The Morgan fingerprint density at radius 1 is 1.43 bits per heavy atom. The smallest absolute Gasteiger partial charge is 0.0989 e. The second-order valence-corrected chi connectivity index (χ2v) is 4.13. The van der Waals surface area contributed by atoms with Gasteiger partial charge in [-0.25, -0.2) is 4.98 Å². The molecule has 0 radical (unpaired) electrons. The molecule has 1 heterocycles. The molecule has 0 aliphatic carbocycles. The van der Waals surface area contributed by atoms with Crippen molar-refractivity contribution in [3.05, 3.63) is 23.4 Å². The maximum Gasteiger partial charge on any atom is 0.0989 e. The minimum Gasteiger partial charge on any atom is -0.396 e. The fourth-order valence-corrected chi connectivity index (χ4v) is 1.97. The van der Waals surface area contributed by atoms with E-state index in [0.29, 0.717) is 0 Å². The molecule has 2 N–H and O–H groups in total. The van der Waals surface area contributed by atoms with Crippen molar-refractivity contribution in [2.45, 2.75) is 25.0 Å². The van der Waals surface area contributed by atoms with Crippen molar-refractivity contribution in [2.75, 3.05) is 12.4 Å². The first kappa shape index (κ1) is 11.5. The van der Waals surface area contributed by atoms with Crippen molar-refractivity contribution in [3.63, 3.8) is 0 Å². The van der Waals surface area contributed by atoms with E-state index in [1.807, 2.05) is 13.0 Å². The van der Waals surface area contributed by atoms with Crippen molar-refractivity contribution >= 4 is 11.8 Å². The predicted octanol–water partition coefficient (Wildman–Crippen LogP) is 1.36. The molecular weight excluding hydrogens is 198 g/mol. The zero-order chi connectivity index (χ0) is 10.4.